The molecule has 31 heavy (non-hydrogen) atoms. The van der Waals surface area contributed by atoms with E-state index in [-0.39, 0.29) is 0 Å². The molecule has 0 unspecified atom stereocenters. The van der Waals surface area contributed by atoms with Crippen LogP contribution >= 0.6 is 11.6 Å². The average molecular weight is 435 g/mol. The van der Waals surface area contributed by atoms with Crippen molar-refractivity contribution in [2.75, 3.05) is 44.6 Å². The van der Waals surface area contributed by atoms with Crippen LogP contribution in [0.3, 0.4) is 0 Å². The third-order valence-corrected chi connectivity index (χ3v) is 6.55. The molecule has 7 heteroatoms. The molecule has 4 heterocycles. The van der Waals surface area contributed by atoms with E-state index in [2.05, 4.69) is 40.0 Å². The number of rotatable bonds is 4. The highest BCUT2D eigenvalue weighted by Gasteiger charge is 2.26. The number of nitrogens with one attached hydrogen (secondary N) is 1. The van der Waals surface area contributed by atoms with Gasteiger partial charge in [-0.2, -0.15) is 0 Å². The minimum absolute atomic E-state index is 0.673. The van der Waals surface area contributed by atoms with Gasteiger partial charge in [0.15, 0.2) is 5.84 Å². The number of aliphatic imine (C=N–C) groups is 2. The van der Waals surface area contributed by atoms with Gasteiger partial charge in [-0.15, -0.1) is 0 Å². The Kier molecular flexibility index (Phi) is 5.61. The maximum Gasteiger partial charge on any atom is 0.152 e. The molecule has 1 N–H and O–H groups in total. The SMILES string of the molecule is CCN1CCN(Cc2cc3c(cn2)C(c2ccccc2Cl)=NC2=C(C)CN=C2N3)CC1. The molecule has 6 nitrogen and oxygen atoms in total. The van der Waals surface area contributed by atoms with Crippen molar-refractivity contribution in [3.05, 3.63) is 69.6 Å². The van der Waals surface area contributed by atoms with Gasteiger partial charge in [0.25, 0.3) is 0 Å². The summed E-state index contributed by atoms with van der Waals surface area (Å²) in [7, 11) is 0. The molecule has 0 aliphatic carbocycles. The van der Waals surface area contributed by atoms with E-state index in [1.165, 1.54) is 0 Å². The van der Waals surface area contributed by atoms with Crippen LogP contribution < -0.4 is 5.32 Å². The molecule has 0 amide bonds. The second kappa shape index (κ2) is 8.54. The van der Waals surface area contributed by atoms with Gasteiger partial charge in [0, 0.05) is 55.1 Å². The molecular weight excluding hydrogens is 408 g/mol. The summed E-state index contributed by atoms with van der Waals surface area (Å²) in [5.74, 6) is 0.828. The van der Waals surface area contributed by atoms with Crippen LogP contribution in [0.15, 0.2) is 57.8 Å². The van der Waals surface area contributed by atoms with Crippen molar-refractivity contribution < 1.29 is 0 Å². The second-order valence-electron chi connectivity index (χ2n) is 8.29. The van der Waals surface area contributed by atoms with Crippen LogP contribution in [0.2, 0.25) is 5.02 Å². The fourth-order valence-corrected chi connectivity index (χ4v) is 4.55. The molecule has 0 spiro atoms. The normalized spacial score (nSPS) is 19.3. The monoisotopic (exact) mass is 434 g/mol. The molecule has 1 aromatic carbocycles. The van der Waals surface area contributed by atoms with Gasteiger partial charge in [0.05, 0.1) is 23.6 Å². The lowest BCUT2D eigenvalue weighted by molar-refractivity contribution is 0.131. The predicted octanol–water partition coefficient (Wildman–Crippen LogP) is 3.82. The van der Waals surface area contributed by atoms with E-state index in [0.29, 0.717) is 11.6 Å². The van der Waals surface area contributed by atoms with Crippen molar-refractivity contribution in [2.45, 2.75) is 20.4 Å². The number of hydrogen-bond donors (Lipinski definition) is 1. The van der Waals surface area contributed by atoms with E-state index in [0.717, 1.165) is 84.6 Å². The summed E-state index contributed by atoms with van der Waals surface area (Å²) >= 11 is 6.56. The Hall–Kier alpha value is -2.54. The minimum atomic E-state index is 0.673. The number of piperazine rings is 1. The summed E-state index contributed by atoms with van der Waals surface area (Å²) < 4.78 is 0. The highest BCUT2D eigenvalue weighted by molar-refractivity contribution is 6.36. The maximum absolute atomic E-state index is 6.56. The lowest BCUT2D eigenvalue weighted by Gasteiger charge is -2.33. The third kappa shape index (κ3) is 4.03. The number of amidine groups is 1. The van der Waals surface area contributed by atoms with Gasteiger partial charge in [-0.25, -0.2) is 4.99 Å². The first-order valence-corrected chi connectivity index (χ1v) is 11.3. The van der Waals surface area contributed by atoms with Crippen LogP contribution in [0.5, 0.6) is 0 Å². The first kappa shape index (κ1) is 20.4. The number of pyridine rings is 1. The number of fused-ring (bicyclic) bond motifs is 2. The largest absolute Gasteiger partial charge is 0.338 e. The molecule has 3 aliphatic heterocycles. The lowest BCUT2D eigenvalue weighted by Crippen LogP contribution is -2.45. The maximum atomic E-state index is 6.56. The summed E-state index contributed by atoms with van der Waals surface area (Å²) in [6.07, 6.45) is 1.93. The first-order valence-electron chi connectivity index (χ1n) is 10.9. The molecule has 160 valence electrons. The summed E-state index contributed by atoms with van der Waals surface area (Å²) in [4.78, 5) is 19.5. The second-order valence-corrected chi connectivity index (χ2v) is 8.70. The molecule has 5 rings (SSSR count). The van der Waals surface area contributed by atoms with Crippen molar-refractivity contribution in [3.63, 3.8) is 0 Å². The summed E-state index contributed by atoms with van der Waals surface area (Å²) in [5.41, 5.74) is 6.79. The Labute approximate surface area is 188 Å². The number of hydrogen-bond acceptors (Lipinski definition) is 6. The highest BCUT2D eigenvalue weighted by atomic mass is 35.5. The van der Waals surface area contributed by atoms with Crippen LogP contribution in [0.1, 0.15) is 30.7 Å². The molecule has 2 aromatic rings. The molecule has 1 fully saturated rings. The molecular formula is C24H27ClN6. The molecule has 1 aromatic heterocycles. The van der Waals surface area contributed by atoms with E-state index in [1.807, 2.05) is 30.5 Å². The Morgan fingerprint density at radius 1 is 1.06 bits per heavy atom. The highest BCUT2D eigenvalue weighted by Crippen LogP contribution is 2.31. The lowest BCUT2D eigenvalue weighted by atomic mass is 10.0. The van der Waals surface area contributed by atoms with Crippen LogP contribution in [-0.4, -0.2) is 65.6 Å². The number of nitrogens with zero attached hydrogens (tertiary/aromatic N) is 5. The first-order chi connectivity index (χ1) is 15.1. The summed E-state index contributed by atoms with van der Waals surface area (Å²) in [6.45, 7) is 11.3. The van der Waals surface area contributed by atoms with E-state index >= 15 is 0 Å². The van der Waals surface area contributed by atoms with Crippen LogP contribution in [-0.2, 0) is 6.54 Å². The molecule has 0 saturated carbocycles. The molecule has 1 saturated heterocycles. The van der Waals surface area contributed by atoms with E-state index in [9.17, 15) is 0 Å². The number of likely N-dealkylation sites (N-methyl/N-ethyl adjacent to an activating group) is 1. The molecule has 0 bridgehead atoms. The fraction of sp³-hybridized carbons (Fsp3) is 0.375. The average Bonchev–Trinajstić information content (AvgIpc) is 3.03. The summed E-state index contributed by atoms with van der Waals surface area (Å²) in [6, 6.07) is 9.99. The number of aromatic nitrogens is 1. The Bertz CT molecular complexity index is 1090. The van der Waals surface area contributed by atoms with Gasteiger partial charge in [-0.3, -0.25) is 14.9 Å². The van der Waals surface area contributed by atoms with E-state index < -0.39 is 0 Å². The van der Waals surface area contributed by atoms with Crippen molar-refractivity contribution in [3.8, 4) is 0 Å². The Morgan fingerprint density at radius 2 is 1.84 bits per heavy atom. The number of benzene rings is 1. The number of halogens is 1. The Balaban J connectivity index is 1.50. The van der Waals surface area contributed by atoms with Gasteiger partial charge in [0.1, 0.15) is 5.70 Å². The van der Waals surface area contributed by atoms with Crippen molar-refractivity contribution in [2.24, 2.45) is 9.98 Å². The van der Waals surface area contributed by atoms with E-state index in [1.54, 1.807) is 0 Å². The van der Waals surface area contributed by atoms with Crippen LogP contribution in [0.25, 0.3) is 0 Å². The van der Waals surface area contributed by atoms with Gasteiger partial charge in [0.2, 0.25) is 0 Å². The van der Waals surface area contributed by atoms with E-state index in [4.69, 9.17) is 21.6 Å². The zero-order valence-electron chi connectivity index (χ0n) is 18.0. The van der Waals surface area contributed by atoms with Gasteiger partial charge < -0.3 is 10.2 Å². The van der Waals surface area contributed by atoms with Crippen molar-refractivity contribution in [1.82, 2.24) is 14.8 Å². The number of anilines is 1. The topological polar surface area (TPSA) is 56.1 Å². The molecule has 0 atom stereocenters. The van der Waals surface area contributed by atoms with Crippen LogP contribution in [0.4, 0.5) is 5.69 Å². The Morgan fingerprint density at radius 3 is 2.61 bits per heavy atom. The van der Waals surface area contributed by atoms with Crippen LogP contribution in [0, 0.1) is 0 Å². The predicted molar refractivity (Wildman–Crippen MR) is 127 cm³/mol. The smallest absolute Gasteiger partial charge is 0.152 e. The van der Waals surface area contributed by atoms with Gasteiger partial charge in [-0.1, -0.05) is 36.7 Å². The fourth-order valence-electron chi connectivity index (χ4n) is 4.32. The van der Waals surface area contributed by atoms with Crippen molar-refractivity contribution in [1.29, 1.82) is 0 Å². The zero-order chi connectivity index (χ0) is 21.4. The zero-order valence-corrected chi connectivity index (χ0v) is 18.8. The van der Waals surface area contributed by atoms with Gasteiger partial charge in [-0.05, 0) is 31.2 Å². The molecule has 3 aliphatic rings. The minimum Gasteiger partial charge on any atom is -0.338 e. The van der Waals surface area contributed by atoms with Gasteiger partial charge >= 0.3 is 0 Å². The summed E-state index contributed by atoms with van der Waals surface area (Å²) in [5, 5.41) is 4.21. The van der Waals surface area contributed by atoms with Crippen molar-refractivity contribution >= 4 is 28.8 Å². The third-order valence-electron chi connectivity index (χ3n) is 6.22. The molecule has 0 radical (unpaired) electrons. The standard InChI is InChI=1S/C24H27ClN6/c1-3-30-8-10-31(11-9-30)15-17-12-21-19(14-26-17)23(18-6-4-5-7-20(18)25)29-22-16(2)13-27-24(22)28-21/h4-7,12,14H,3,8-11,13,15H2,1-2H3,(H,27,28). The quantitative estimate of drug-likeness (QED) is 0.794.